The highest BCUT2D eigenvalue weighted by Gasteiger charge is 2.12. The average Bonchev–Trinajstić information content (AvgIpc) is 2.96. The van der Waals surface area contributed by atoms with Gasteiger partial charge in [-0.1, -0.05) is 6.07 Å². The van der Waals surface area contributed by atoms with E-state index in [2.05, 4.69) is 10.3 Å². The van der Waals surface area contributed by atoms with Crippen LogP contribution in [-0.4, -0.2) is 10.9 Å². The Hall–Kier alpha value is -1.24. The molecule has 1 unspecified atom stereocenters. The average molecular weight is 267 g/mol. The van der Waals surface area contributed by atoms with Crippen molar-refractivity contribution in [1.29, 1.82) is 0 Å². The number of thiazole rings is 1. The Morgan fingerprint density at radius 2 is 2.41 bits per heavy atom. The second-order valence-electron chi connectivity index (χ2n) is 3.62. The third-order valence-corrected chi connectivity index (χ3v) is 4.07. The first-order valence-corrected chi connectivity index (χ1v) is 6.94. The van der Waals surface area contributed by atoms with Crippen LogP contribution < -0.4 is 11.1 Å². The standard InChI is InChI=1S/C11H13N3OS2/c1-7(12)11-14-9(6-17-11)10(15)13-5-8-3-2-4-16-8/h2-4,6-7H,5,12H2,1H3,(H,13,15). The van der Waals surface area contributed by atoms with Crippen LogP contribution in [0, 0.1) is 0 Å². The van der Waals surface area contributed by atoms with E-state index in [0.717, 1.165) is 9.88 Å². The van der Waals surface area contributed by atoms with Gasteiger partial charge in [0.15, 0.2) is 0 Å². The highest BCUT2D eigenvalue weighted by molar-refractivity contribution is 7.10. The molecular weight excluding hydrogens is 254 g/mol. The van der Waals surface area contributed by atoms with Gasteiger partial charge in [0.25, 0.3) is 5.91 Å². The summed E-state index contributed by atoms with van der Waals surface area (Å²) in [6, 6.07) is 3.82. The molecule has 2 aromatic heterocycles. The van der Waals surface area contributed by atoms with Gasteiger partial charge >= 0.3 is 0 Å². The Morgan fingerprint density at radius 3 is 3.00 bits per heavy atom. The molecule has 0 spiro atoms. The molecule has 0 fully saturated rings. The molecule has 2 rings (SSSR count). The fourth-order valence-electron chi connectivity index (χ4n) is 1.27. The van der Waals surface area contributed by atoms with Gasteiger partial charge in [0.1, 0.15) is 10.7 Å². The first-order chi connectivity index (χ1) is 8.16. The summed E-state index contributed by atoms with van der Waals surface area (Å²) >= 11 is 3.03. The van der Waals surface area contributed by atoms with Crippen molar-refractivity contribution in [1.82, 2.24) is 10.3 Å². The van der Waals surface area contributed by atoms with E-state index in [0.29, 0.717) is 12.2 Å². The van der Waals surface area contributed by atoms with Crippen molar-refractivity contribution in [3.05, 3.63) is 38.5 Å². The van der Waals surface area contributed by atoms with E-state index in [1.165, 1.54) is 11.3 Å². The maximum Gasteiger partial charge on any atom is 0.271 e. The smallest absolute Gasteiger partial charge is 0.271 e. The molecule has 0 aromatic carbocycles. The second-order valence-corrected chi connectivity index (χ2v) is 5.54. The van der Waals surface area contributed by atoms with Crippen molar-refractivity contribution >= 4 is 28.6 Å². The minimum absolute atomic E-state index is 0.126. The number of nitrogens with one attached hydrogen (secondary N) is 1. The number of carbonyl (C=O) groups is 1. The molecule has 0 radical (unpaired) electrons. The Labute approximate surface area is 107 Å². The van der Waals surface area contributed by atoms with Crippen LogP contribution in [0.3, 0.4) is 0 Å². The molecule has 90 valence electrons. The van der Waals surface area contributed by atoms with E-state index in [9.17, 15) is 4.79 Å². The van der Waals surface area contributed by atoms with E-state index in [-0.39, 0.29) is 11.9 Å². The monoisotopic (exact) mass is 267 g/mol. The second kappa shape index (κ2) is 5.39. The normalized spacial score (nSPS) is 12.4. The Bertz CT molecular complexity index is 491. The lowest BCUT2D eigenvalue weighted by atomic mass is 10.4. The minimum atomic E-state index is -0.151. The highest BCUT2D eigenvalue weighted by Crippen LogP contribution is 2.16. The molecule has 0 aliphatic rings. The number of amides is 1. The maximum absolute atomic E-state index is 11.8. The molecule has 0 aliphatic carbocycles. The lowest BCUT2D eigenvalue weighted by Crippen LogP contribution is -2.22. The number of carbonyl (C=O) groups excluding carboxylic acids is 1. The first-order valence-electron chi connectivity index (χ1n) is 5.18. The number of nitrogens with two attached hydrogens (primary N) is 1. The molecule has 0 aliphatic heterocycles. The number of thiophene rings is 1. The number of hydrogen-bond acceptors (Lipinski definition) is 5. The van der Waals surface area contributed by atoms with Gasteiger partial charge in [-0.25, -0.2) is 4.98 Å². The third-order valence-electron chi connectivity index (χ3n) is 2.15. The summed E-state index contributed by atoms with van der Waals surface area (Å²) in [5.74, 6) is -0.151. The van der Waals surface area contributed by atoms with Crippen molar-refractivity contribution in [2.24, 2.45) is 5.73 Å². The molecular formula is C11H13N3OS2. The summed E-state index contributed by atoms with van der Waals surface area (Å²) < 4.78 is 0. The quantitative estimate of drug-likeness (QED) is 0.892. The maximum atomic E-state index is 11.8. The van der Waals surface area contributed by atoms with Gasteiger partial charge in [0, 0.05) is 10.3 Å². The van der Waals surface area contributed by atoms with Crippen LogP contribution in [0.15, 0.2) is 22.9 Å². The Kier molecular flexibility index (Phi) is 3.88. The molecule has 1 amide bonds. The molecule has 3 N–H and O–H groups in total. The lowest BCUT2D eigenvalue weighted by Gasteiger charge is -2.00. The van der Waals surface area contributed by atoms with Gasteiger partial charge in [-0.05, 0) is 18.4 Å². The number of nitrogens with zero attached hydrogens (tertiary/aromatic N) is 1. The topological polar surface area (TPSA) is 68.0 Å². The number of hydrogen-bond donors (Lipinski definition) is 2. The van der Waals surface area contributed by atoms with Crippen LogP contribution in [0.2, 0.25) is 0 Å². The van der Waals surface area contributed by atoms with Crippen molar-refractivity contribution in [2.75, 3.05) is 0 Å². The fourth-order valence-corrected chi connectivity index (χ4v) is 2.67. The van der Waals surface area contributed by atoms with Crippen LogP contribution in [0.25, 0.3) is 0 Å². The first kappa shape index (κ1) is 12.2. The predicted octanol–water partition coefficient (Wildman–Crippen LogP) is 2.15. The Balaban J connectivity index is 1.95. The highest BCUT2D eigenvalue weighted by atomic mass is 32.1. The summed E-state index contributed by atoms with van der Waals surface area (Å²) in [6.07, 6.45) is 0. The summed E-state index contributed by atoms with van der Waals surface area (Å²) in [4.78, 5) is 17.1. The van der Waals surface area contributed by atoms with Crippen LogP contribution in [-0.2, 0) is 6.54 Å². The van der Waals surface area contributed by atoms with E-state index < -0.39 is 0 Å². The van der Waals surface area contributed by atoms with Crippen molar-refractivity contribution in [3.8, 4) is 0 Å². The predicted molar refractivity (Wildman–Crippen MR) is 70.2 cm³/mol. The van der Waals surface area contributed by atoms with Crippen molar-refractivity contribution < 1.29 is 4.79 Å². The molecule has 17 heavy (non-hydrogen) atoms. The number of aromatic nitrogens is 1. The summed E-state index contributed by atoms with van der Waals surface area (Å²) in [6.45, 7) is 2.40. The van der Waals surface area contributed by atoms with Crippen LogP contribution >= 0.6 is 22.7 Å². The molecule has 0 saturated heterocycles. The molecule has 6 heteroatoms. The van der Waals surface area contributed by atoms with E-state index in [1.54, 1.807) is 16.7 Å². The van der Waals surface area contributed by atoms with Crippen LogP contribution in [0.5, 0.6) is 0 Å². The van der Waals surface area contributed by atoms with Crippen molar-refractivity contribution in [2.45, 2.75) is 19.5 Å². The zero-order valence-corrected chi connectivity index (χ0v) is 11.0. The fraction of sp³-hybridized carbons (Fsp3) is 0.273. The minimum Gasteiger partial charge on any atom is -0.346 e. The van der Waals surface area contributed by atoms with Crippen LogP contribution in [0.4, 0.5) is 0 Å². The largest absolute Gasteiger partial charge is 0.346 e. The summed E-state index contributed by atoms with van der Waals surface area (Å²) in [5.41, 5.74) is 6.14. The molecule has 1 atom stereocenters. The van der Waals surface area contributed by atoms with Gasteiger partial charge in [0.05, 0.1) is 12.6 Å². The summed E-state index contributed by atoms with van der Waals surface area (Å²) in [5, 5.41) is 7.34. The van der Waals surface area contributed by atoms with Gasteiger partial charge in [-0.2, -0.15) is 0 Å². The zero-order valence-electron chi connectivity index (χ0n) is 9.34. The molecule has 2 aromatic rings. The molecule has 4 nitrogen and oxygen atoms in total. The molecule has 2 heterocycles. The van der Waals surface area contributed by atoms with Gasteiger partial charge in [0.2, 0.25) is 0 Å². The third kappa shape index (κ3) is 3.12. The van der Waals surface area contributed by atoms with Crippen LogP contribution in [0.1, 0.15) is 33.3 Å². The lowest BCUT2D eigenvalue weighted by molar-refractivity contribution is 0.0947. The zero-order chi connectivity index (χ0) is 12.3. The van der Waals surface area contributed by atoms with Gasteiger partial charge < -0.3 is 11.1 Å². The Morgan fingerprint density at radius 1 is 1.59 bits per heavy atom. The number of rotatable bonds is 4. The molecule has 0 bridgehead atoms. The van der Waals surface area contributed by atoms with Gasteiger partial charge in [-0.15, -0.1) is 22.7 Å². The van der Waals surface area contributed by atoms with E-state index >= 15 is 0 Å². The molecule has 0 saturated carbocycles. The van der Waals surface area contributed by atoms with Crippen molar-refractivity contribution in [3.63, 3.8) is 0 Å². The SMILES string of the molecule is CC(N)c1nc(C(=O)NCc2cccs2)cs1. The van der Waals surface area contributed by atoms with E-state index in [4.69, 9.17) is 5.73 Å². The summed E-state index contributed by atoms with van der Waals surface area (Å²) in [7, 11) is 0. The van der Waals surface area contributed by atoms with E-state index in [1.807, 2.05) is 24.4 Å². The van der Waals surface area contributed by atoms with Gasteiger partial charge in [-0.3, -0.25) is 4.79 Å².